The van der Waals surface area contributed by atoms with Crippen molar-refractivity contribution in [2.24, 2.45) is 17.8 Å². The molecule has 91 heavy (non-hydrogen) atoms. The third-order valence-corrected chi connectivity index (χ3v) is 15.7. The van der Waals surface area contributed by atoms with Crippen LogP contribution in [0.15, 0.2) is 12.5 Å². The molecule has 0 aromatic carbocycles. The second kappa shape index (κ2) is 50.4. The number of nitrogens with one attached hydrogen (secondary N) is 7. The molecule has 1 aromatic rings. The number of hydrogen-bond acceptors (Lipinski definition) is 18. The summed E-state index contributed by atoms with van der Waals surface area (Å²) in [7, 11) is 0. The number of H-pyrrole nitrogens is 1. The minimum atomic E-state index is -1.46. The number of rotatable bonds is 59. The maximum atomic E-state index is 13.8. The van der Waals surface area contributed by atoms with Gasteiger partial charge in [0.15, 0.2) is 11.9 Å². The number of hydrogen-bond donors (Lipinski definition) is 9. The molecule has 0 saturated heterocycles. The number of nitrogens with zero attached hydrogens (tertiary/aromatic N) is 1. The summed E-state index contributed by atoms with van der Waals surface area (Å²) >= 11 is 0. The van der Waals surface area contributed by atoms with Crippen LogP contribution >= 0.6 is 0 Å². The largest absolute Gasteiger partial charge is 0.481 e. The number of carbonyl (C=O) groups excluding carboxylic acids is 9. The van der Waals surface area contributed by atoms with Gasteiger partial charge in [-0.2, -0.15) is 0 Å². The zero-order chi connectivity index (χ0) is 67.8. The second-order valence-corrected chi connectivity index (χ2v) is 24.3. The number of aromatic amines is 1. The van der Waals surface area contributed by atoms with E-state index in [4.69, 9.17) is 28.9 Å². The van der Waals surface area contributed by atoms with Crippen LogP contribution in [0.5, 0.6) is 0 Å². The average Bonchev–Trinajstić information content (AvgIpc) is 1.28. The molecule has 26 nitrogen and oxygen atoms in total. The van der Waals surface area contributed by atoms with E-state index in [9.17, 15) is 57.8 Å². The van der Waals surface area contributed by atoms with Crippen LogP contribution < -0.4 is 32.1 Å². The number of aliphatic carboxylic acids is 2. The summed E-state index contributed by atoms with van der Waals surface area (Å²) in [5, 5.41) is 32.1. The lowest BCUT2D eigenvalue weighted by Crippen LogP contribution is -2.57. The van der Waals surface area contributed by atoms with Crippen molar-refractivity contribution in [2.75, 3.05) is 59.3 Å². The number of Topliss-reactive ketones (excluding diaryl/α,β-unsaturated/α-hetero) is 3. The van der Waals surface area contributed by atoms with Gasteiger partial charge in [0.25, 0.3) is 11.8 Å². The topological polar surface area (TPSA) is 375 Å². The van der Waals surface area contributed by atoms with Gasteiger partial charge in [-0.05, 0) is 84.0 Å². The zero-order valence-electron chi connectivity index (χ0n) is 55.8. The molecule has 1 rings (SSSR count). The summed E-state index contributed by atoms with van der Waals surface area (Å²) in [5.41, 5.74) is 1.25. The lowest BCUT2D eigenvalue weighted by atomic mass is 9.88. The van der Waals surface area contributed by atoms with E-state index in [1.807, 2.05) is 20.8 Å². The van der Waals surface area contributed by atoms with E-state index in [1.165, 1.54) is 65.4 Å². The Morgan fingerprint density at radius 1 is 0.626 bits per heavy atom. The molecule has 9 N–H and O–H groups in total. The standard InChI is InChI=1S/C65H112N8O18.H2/c1-9-47(5)51(10-2)61(82)71-60(46(3)4)64(86)91-54(40-49-41-66-45-69-49)62(83)72-65(7,8)55(76)42-68-52(48(6)74)29-25-26-34-67-57(78)43-89-38-39-90-73-58(79)44-88-37-36-87-35-27-28-50(75)32-33-53(63(84)85)70-56(77)30-23-21-19-17-15-13-11-12-14-16-18-20-22-24-31-59(80)81;/h41,45-47,51-54,60,68H,9-40,42-44H2,1-8H3,(H,66,69)(H,67,78)(H,70,77)(H,71,82)(H,72,83)(H,73,79)(H,80,81)(H,84,85);1H/t47-,51-,52-,53-,54-,60-;/m0./s1. The molecule has 0 radical (unpaired) electrons. The Morgan fingerprint density at radius 3 is 1.78 bits per heavy atom. The molecule has 1 heterocycles. The first-order valence-corrected chi connectivity index (χ1v) is 33.2. The van der Waals surface area contributed by atoms with Gasteiger partial charge >= 0.3 is 17.9 Å². The quantitative estimate of drug-likeness (QED) is 0.0185. The van der Waals surface area contributed by atoms with E-state index >= 15 is 0 Å². The number of esters is 1. The zero-order valence-corrected chi connectivity index (χ0v) is 55.8. The molecule has 0 spiro atoms. The van der Waals surface area contributed by atoms with Crippen LogP contribution in [0.4, 0.5) is 0 Å². The van der Waals surface area contributed by atoms with E-state index in [0.717, 1.165) is 57.8 Å². The van der Waals surface area contributed by atoms with E-state index in [-0.39, 0.29) is 140 Å². The summed E-state index contributed by atoms with van der Waals surface area (Å²) in [4.78, 5) is 150. The van der Waals surface area contributed by atoms with Gasteiger partial charge in [0.05, 0.1) is 50.9 Å². The first kappa shape index (κ1) is 82.8. The van der Waals surface area contributed by atoms with Crippen LogP contribution in [0.2, 0.25) is 0 Å². The summed E-state index contributed by atoms with van der Waals surface area (Å²) in [6.45, 7) is 13.7. The molecule has 0 aliphatic carbocycles. The monoisotopic (exact) mass is 1290 g/mol. The summed E-state index contributed by atoms with van der Waals surface area (Å²) in [6.07, 6.45) is 20.2. The number of carboxylic acids is 2. The molecule has 0 aliphatic rings. The Kier molecular flexibility index (Phi) is 45.8. The van der Waals surface area contributed by atoms with E-state index < -0.39 is 65.3 Å². The van der Waals surface area contributed by atoms with Crippen LogP contribution in [-0.2, 0) is 82.9 Å². The van der Waals surface area contributed by atoms with Crippen molar-refractivity contribution in [1.82, 2.24) is 42.0 Å². The number of imidazole rings is 1. The van der Waals surface area contributed by atoms with E-state index in [1.54, 1.807) is 13.8 Å². The van der Waals surface area contributed by atoms with Crippen LogP contribution in [-0.4, -0.2) is 174 Å². The molecule has 6 atom stereocenters. The summed E-state index contributed by atoms with van der Waals surface area (Å²) in [6, 6.07) is -2.86. The molecule has 0 unspecified atom stereocenters. The van der Waals surface area contributed by atoms with Gasteiger partial charge in [0.1, 0.15) is 36.9 Å². The Morgan fingerprint density at radius 2 is 1.22 bits per heavy atom. The number of aromatic nitrogens is 2. The maximum Gasteiger partial charge on any atom is 0.329 e. The van der Waals surface area contributed by atoms with Gasteiger partial charge in [0, 0.05) is 64.5 Å². The maximum absolute atomic E-state index is 13.8. The Bertz CT molecular complexity index is 2290. The van der Waals surface area contributed by atoms with Gasteiger partial charge in [-0.25, -0.2) is 20.1 Å². The lowest BCUT2D eigenvalue weighted by Gasteiger charge is -2.30. The molecule has 5 amide bonds. The molecule has 26 heteroatoms. The highest BCUT2D eigenvalue weighted by molar-refractivity contribution is 5.96. The number of unbranched alkanes of at least 4 members (excludes halogenated alkanes) is 14. The van der Waals surface area contributed by atoms with Crippen molar-refractivity contribution in [3.05, 3.63) is 18.2 Å². The average molecular weight is 1300 g/mol. The number of carboxylic acid groups (broad SMARTS) is 2. The van der Waals surface area contributed by atoms with Crippen LogP contribution in [0, 0.1) is 17.8 Å². The molecule has 1 aromatic heterocycles. The van der Waals surface area contributed by atoms with Crippen molar-refractivity contribution in [2.45, 2.75) is 252 Å². The van der Waals surface area contributed by atoms with Crippen LogP contribution in [0.1, 0.15) is 223 Å². The third kappa shape index (κ3) is 41.1. The lowest BCUT2D eigenvalue weighted by molar-refractivity contribution is -0.160. The normalized spacial score (nSPS) is 13.5. The Labute approximate surface area is 540 Å². The minimum Gasteiger partial charge on any atom is -0.481 e. The van der Waals surface area contributed by atoms with Gasteiger partial charge < -0.3 is 60.7 Å². The second-order valence-electron chi connectivity index (χ2n) is 24.3. The molecule has 522 valence electrons. The number of hydroxylamine groups is 1. The Balaban J connectivity index is 0.0000828. The van der Waals surface area contributed by atoms with E-state index in [2.05, 4.69) is 42.0 Å². The molecular formula is C65H114N8O18. The molecule has 0 fully saturated rings. The van der Waals surface area contributed by atoms with Gasteiger partial charge in [0.2, 0.25) is 17.7 Å². The minimum absolute atomic E-state index is 0. The summed E-state index contributed by atoms with van der Waals surface area (Å²) < 4.78 is 21.8. The highest BCUT2D eigenvalue weighted by Crippen LogP contribution is 2.21. The fourth-order valence-electron chi connectivity index (χ4n) is 9.80. The van der Waals surface area contributed by atoms with Crippen LogP contribution in [0.3, 0.4) is 0 Å². The van der Waals surface area contributed by atoms with Gasteiger partial charge in [-0.3, -0.25) is 48.0 Å². The molecule has 0 aliphatic heterocycles. The number of carbonyl (C=O) groups is 11. The smallest absolute Gasteiger partial charge is 0.329 e. The first-order valence-electron chi connectivity index (χ1n) is 33.2. The first-order chi connectivity index (χ1) is 43.4. The van der Waals surface area contributed by atoms with E-state index in [0.29, 0.717) is 50.8 Å². The van der Waals surface area contributed by atoms with Crippen molar-refractivity contribution >= 4 is 64.8 Å². The van der Waals surface area contributed by atoms with Crippen molar-refractivity contribution in [3.63, 3.8) is 0 Å². The predicted octanol–water partition coefficient (Wildman–Crippen LogP) is 6.74. The summed E-state index contributed by atoms with van der Waals surface area (Å²) in [5.74, 6) is -6.37. The SMILES string of the molecule is CC[C@H](C(=O)N[C@H](C(=O)O[C@@H](Cc1cnc[nH]1)C(=O)NC(C)(C)C(=O)CN[C@@H](CCCCNC(=O)COCCONC(=O)COCCOCCCC(=O)CC[C@H](NC(=O)CCCCCCCCCCCCCCCCC(=O)O)C(=O)O)C(C)=O)C(C)C)[C@@H](C)CC.[HH]. The number of ketones is 3. The molecular weight excluding hydrogens is 1180 g/mol. The van der Waals surface area contributed by atoms with Gasteiger partial charge in [-0.15, -0.1) is 0 Å². The fraction of sp³-hybridized carbons (Fsp3) is 0.785. The Hall–Kier alpha value is -6.22. The van der Waals surface area contributed by atoms with Crippen molar-refractivity contribution in [3.8, 4) is 0 Å². The van der Waals surface area contributed by atoms with Gasteiger partial charge in [-0.1, -0.05) is 118 Å². The fourth-order valence-corrected chi connectivity index (χ4v) is 9.80. The predicted molar refractivity (Wildman–Crippen MR) is 342 cm³/mol. The highest BCUT2D eigenvalue weighted by atomic mass is 16.7. The number of ether oxygens (including phenoxy) is 4. The highest BCUT2D eigenvalue weighted by Gasteiger charge is 2.37. The molecule has 0 saturated carbocycles. The number of amides is 5. The van der Waals surface area contributed by atoms with Crippen molar-refractivity contribution < 1.29 is 88.2 Å². The van der Waals surface area contributed by atoms with Crippen molar-refractivity contribution in [1.29, 1.82) is 0 Å². The third-order valence-electron chi connectivity index (χ3n) is 15.7. The van der Waals surface area contributed by atoms with Crippen LogP contribution in [0.25, 0.3) is 0 Å². The molecule has 0 bridgehead atoms.